The van der Waals surface area contributed by atoms with Crippen molar-refractivity contribution in [1.82, 2.24) is 0 Å². The topological polar surface area (TPSA) is 78.9 Å². The summed E-state index contributed by atoms with van der Waals surface area (Å²) in [7, 11) is 0. The van der Waals surface area contributed by atoms with Crippen LogP contribution in [0.2, 0.25) is 0 Å². The Morgan fingerprint density at radius 2 is 0.651 bits per heavy atom. The van der Waals surface area contributed by atoms with Crippen molar-refractivity contribution in [2.24, 2.45) is 0 Å². The summed E-state index contributed by atoms with van der Waals surface area (Å²) in [6.07, 6.45) is 69.1. The second kappa shape index (κ2) is 50.5. The van der Waals surface area contributed by atoms with Gasteiger partial charge in [0.1, 0.15) is 13.2 Å². The van der Waals surface area contributed by atoms with E-state index >= 15 is 0 Å². The van der Waals surface area contributed by atoms with Gasteiger partial charge in [-0.1, -0.05) is 187 Å². The second-order valence-corrected chi connectivity index (χ2v) is 16.0. The summed E-state index contributed by atoms with van der Waals surface area (Å²) in [6, 6.07) is 0. The molecule has 0 saturated heterocycles. The molecule has 0 radical (unpaired) electrons. The highest BCUT2D eigenvalue weighted by molar-refractivity contribution is 5.71. The Bertz CT molecular complexity index is 1370. The van der Waals surface area contributed by atoms with Crippen LogP contribution in [0.1, 0.15) is 201 Å². The molecule has 0 heterocycles. The van der Waals surface area contributed by atoms with Gasteiger partial charge in [0.15, 0.2) is 6.10 Å². The molecular weight excluding hydrogens is 781 g/mol. The number of carbonyl (C=O) groups excluding carboxylic acids is 3. The largest absolute Gasteiger partial charge is 0.462 e. The molecule has 0 amide bonds. The lowest BCUT2D eigenvalue weighted by Gasteiger charge is -2.18. The van der Waals surface area contributed by atoms with E-state index in [0.29, 0.717) is 19.3 Å². The average Bonchev–Trinajstić information content (AvgIpc) is 3.28. The average molecular weight is 871 g/mol. The van der Waals surface area contributed by atoms with Gasteiger partial charge in [0.05, 0.1) is 0 Å². The Labute approximate surface area is 386 Å². The van der Waals surface area contributed by atoms with Crippen molar-refractivity contribution >= 4 is 17.9 Å². The summed E-state index contributed by atoms with van der Waals surface area (Å²) in [4.78, 5) is 37.9. The molecule has 0 spiro atoms. The molecule has 0 aromatic rings. The van der Waals surface area contributed by atoms with Crippen molar-refractivity contribution < 1.29 is 28.6 Å². The summed E-state index contributed by atoms with van der Waals surface area (Å²) in [6.45, 7) is 6.27. The summed E-state index contributed by atoms with van der Waals surface area (Å²) in [5, 5.41) is 0. The Morgan fingerprint density at radius 1 is 0.333 bits per heavy atom. The zero-order chi connectivity index (χ0) is 45.8. The minimum Gasteiger partial charge on any atom is -0.462 e. The summed E-state index contributed by atoms with van der Waals surface area (Å²) in [5.41, 5.74) is 0. The molecular formula is C57H90O6. The van der Waals surface area contributed by atoms with Gasteiger partial charge < -0.3 is 14.2 Å². The number of unbranched alkanes of at least 4 members (excludes halogenated alkanes) is 12. The van der Waals surface area contributed by atoms with Crippen LogP contribution in [0, 0.1) is 0 Å². The van der Waals surface area contributed by atoms with Gasteiger partial charge in [-0.15, -0.1) is 0 Å². The van der Waals surface area contributed by atoms with Gasteiger partial charge in [0, 0.05) is 19.3 Å². The van der Waals surface area contributed by atoms with E-state index in [9.17, 15) is 14.4 Å². The van der Waals surface area contributed by atoms with E-state index < -0.39 is 6.10 Å². The van der Waals surface area contributed by atoms with Crippen LogP contribution in [0.3, 0.4) is 0 Å². The number of ether oxygens (including phenoxy) is 3. The van der Waals surface area contributed by atoms with Gasteiger partial charge in [-0.05, 0) is 116 Å². The van der Waals surface area contributed by atoms with E-state index in [-0.39, 0.29) is 44.0 Å². The van der Waals surface area contributed by atoms with E-state index in [4.69, 9.17) is 14.2 Å². The van der Waals surface area contributed by atoms with Gasteiger partial charge in [-0.2, -0.15) is 0 Å². The number of allylic oxidation sites excluding steroid dienone is 20. The van der Waals surface area contributed by atoms with Crippen LogP contribution in [0.5, 0.6) is 0 Å². The number of rotatable bonds is 43. The summed E-state index contributed by atoms with van der Waals surface area (Å²) >= 11 is 0. The molecule has 0 rings (SSSR count). The van der Waals surface area contributed by atoms with E-state index in [0.717, 1.165) is 109 Å². The van der Waals surface area contributed by atoms with Crippen LogP contribution >= 0.6 is 0 Å². The molecule has 6 heteroatoms. The second-order valence-electron chi connectivity index (χ2n) is 16.0. The third-order valence-electron chi connectivity index (χ3n) is 9.94. The predicted octanol–water partition coefficient (Wildman–Crippen LogP) is 16.5. The lowest BCUT2D eigenvalue weighted by atomic mass is 10.1. The summed E-state index contributed by atoms with van der Waals surface area (Å²) < 4.78 is 16.7. The SMILES string of the molecule is CC/C=C\C/C=C\C/C=C\C/C=C\C/C=C\C/C=C\CCC(=O)OCC(COC(=O)CCCCCCC/C=C\CCCCCC)OC(=O)CCCCC/C=C\C/C=C\C/C=C\CC. The first-order chi connectivity index (χ1) is 31.0. The maximum atomic E-state index is 12.8. The third kappa shape index (κ3) is 48.7. The van der Waals surface area contributed by atoms with Crippen LogP contribution in [0.25, 0.3) is 0 Å². The first-order valence-electron chi connectivity index (χ1n) is 25.0. The van der Waals surface area contributed by atoms with E-state index in [1.807, 2.05) is 12.2 Å². The Hall–Kier alpha value is -4.19. The lowest BCUT2D eigenvalue weighted by molar-refractivity contribution is -0.166. The van der Waals surface area contributed by atoms with Gasteiger partial charge in [-0.25, -0.2) is 0 Å². The number of esters is 3. The normalized spacial score (nSPS) is 13.1. The van der Waals surface area contributed by atoms with Crippen LogP contribution in [-0.4, -0.2) is 37.2 Å². The Balaban J connectivity index is 4.56. The predicted molar refractivity (Wildman–Crippen MR) is 269 cm³/mol. The molecule has 0 aromatic carbocycles. The van der Waals surface area contributed by atoms with Crippen LogP contribution in [0.4, 0.5) is 0 Å². The van der Waals surface area contributed by atoms with Crippen molar-refractivity contribution in [2.45, 2.75) is 207 Å². The van der Waals surface area contributed by atoms with Crippen molar-refractivity contribution in [3.05, 3.63) is 122 Å². The van der Waals surface area contributed by atoms with Crippen molar-refractivity contribution in [3.63, 3.8) is 0 Å². The standard InChI is InChI=1S/C57H90O6/c1-4-7-10-13-16-19-22-25-26-27-28-29-30-33-35-38-41-44-47-50-56(59)62-53-54(63-57(60)51-48-45-42-39-36-32-24-21-18-15-12-9-6-3)52-61-55(58)49-46-43-40-37-34-31-23-20-17-14-11-8-5-2/h7,9-10,12,16,18-21,23,25-26,28-29,32-33,35-36,41,44,54H,4-6,8,11,13-15,17,22,24,27,30-31,34,37-40,42-43,45-53H2,1-3H3/b10-7-,12-9-,19-16-,21-18-,23-20-,26-25-,29-28-,35-33-,36-32-,44-41-. The molecule has 1 unspecified atom stereocenters. The molecule has 0 bridgehead atoms. The minimum absolute atomic E-state index is 0.121. The van der Waals surface area contributed by atoms with Gasteiger partial charge in [0.25, 0.3) is 0 Å². The minimum atomic E-state index is -0.829. The molecule has 63 heavy (non-hydrogen) atoms. The zero-order valence-electron chi connectivity index (χ0n) is 40.3. The fourth-order valence-corrected chi connectivity index (χ4v) is 6.24. The number of carbonyl (C=O) groups is 3. The molecule has 1 atom stereocenters. The highest BCUT2D eigenvalue weighted by Crippen LogP contribution is 2.12. The molecule has 0 fully saturated rings. The smallest absolute Gasteiger partial charge is 0.306 e. The molecule has 354 valence electrons. The quantitative estimate of drug-likeness (QED) is 0.0263. The Morgan fingerprint density at radius 3 is 1.10 bits per heavy atom. The maximum absolute atomic E-state index is 12.8. The molecule has 0 aliphatic carbocycles. The van der Waals surface area contributed by atoms with Crippen molar-refractivity contribution in [3.8, 4) is 0 Å². The van der Waals surface area contributed by atoms with Crippen LogP contribution < -0.4 is 0 Å². The third-order valence-corrected chi connectivity index (χ3v) is 9.94. The van der Waals surface area contributed by atoms with E-state index in [2.05, 4.69) is 130 Å². The highest BCUT2D eigenvalue weighted by atomic mass is 16.6. The van der Waals surface area contributed by atoms with Crippen molar-refractivity contribution in [1.29, 1.82) is 0 Å². The van der Waals surface area contributed by atoms with Crippen LogP contribution in [0.15, 0.2) is 122 Å². The van der Waals surface area contributed by atoms with Gasteiger partial charge in [0.2, 0.25) is 0 Å². The van der Waals surface area contributed by atoms with Crippen LogP contribution in [-0.2, 0) is 28.6 Å². The maximum Gasteiger partial charge on any atom is 0.306 e. The van der Waals surface area contributed by atoms with E-state index in [1.165, 1.54) is 38.5 Å². The first kappa shape index (κ1) is 58.8. The van der Waals surface area contributed by atoms with Crippen molar-refractivity contribution in [2.75, 3.05) is 13.2 Å². The summed E-state index contributed by atoms with van der Waals surface area (Å²) in [5.74, 6) is -1.06. The van der Waals surface area contributed by atoms with E-state index in [1.54, 1.807) is 0 Å². The molecule has 6 nitrogen and oxygen atoms in total. The highest BCUT2D eigenvalue weighted by Gasteiger charge is 2.19. The van der Waals surface area contributed by atoms with Gasteiger partial charge in [-0.3, -0.25) is 14.4 Å². The number of hydrogen-bond donors (Lipinski definition) is 0. The Kier molecular flexibility index (Phi) is 47.1. The molecule has 0 aliphatic heterocycles. The van der Waals surface area contributed by atoms with Gasteiger partial charge >= 0.3 is 17.9 Å². The molecule has 0 N–H and O–H groups in total. The molecule has 0 aromatic heterocycles. The molecule has 0 saturated carbocycles. The monoisotopic (exact) mass is 871 g/mol. The number of hydrogen-bond acceptors (Lipinski definition) is 6. The zero-order valence-corrected chi connectivity index (χ0v) is 40.3. The lowest BCUT2D eigenvalue weighted by Crippen LogP contribution is -2.30. The fourth-order valence-electron chi connectivity index (χ4n) is 6.24. The molecule has 0 aliphatic rings. The fraction of sp³-hybridized carbons (Fsp3) is 0.596. The first-order valence-corrected chi connectivity index (χ1v) is 25.0.